The summed E-state index contributed by atoms with van der Waals surface area (Å²) in [4.78, 5) is 26.6. The predicted molar refractivity (Wildman–Crippen MR) is 116 cm³/mol. The Hall–Kier alpha value is -2.64. The van der Waals surface area contributed by atoms with Crippen LogP contribution in [0.5, 0.6) is 5.75 Å². The molecule has 0 spiro atoms. The molecule has 2 heterocycles. The van der Waals surface area contributed by atoms with Crippen molar-refractivity contribution in [2.75, 3.05) is 13.1 Å². The zero-order chi connectivity index (χ0) is 22.3. The average Bonchev–Trinajstić information content (AvgIpc) is 3.55. The number of piperidine rings is 1. The van der Waals surface area contributed by atoms with Crippen LogP contribution in [0.4, 0.5) is 0 Å². The number of rotatable bonds is 3. The number of hydrogen-bond acceptors (Lipinski definition) is 5. The van der Waals surface area contributed by atoms with E-state index in [1.807, 2.05) is 6.07 Å². The molecular formula is C25H28N2O5. The zero-order valence-corrected chi connectivity index (χ0v) is 17.9. The molecule has 168 valence electrons. The largest absolute Gasteiger partial charge is 0.508 e. The van der Waals surface area contributed by atoms with E-state index < -0.39 is 17.0 Å². The van der Waals surface area contributed by atoms with Crippen LogP contribution < -0.4 is 5.32 Å². The number of carbonyl (C=O) groups is 2. The van der Waals surface area contributed by atoms with Gasteiger partial charge in [-0.05, 0) is 73.1 Å². The van der Waals surface area contributed by atoms with Crippen LogP contribution >= 0.6 is 0 Å². The smallest absolute Gasteiger partial charge is 0.332 e. The van der Waals surface area contributed by atoms with Crippen molar-refractivity contribution in [3.8, 4) is 5.75 Å². The first-order valence-corrected chi connectivity index (χ1v) is 11.5. The summed E-state index contributed by atoms with van der Waals surface area (Å²) >= 11 is 0. The number of allylic oxidation sites excluding steroid dienone is 2. The number of aromatic hydroxyl groups is 1. The molecule has 4 N–H and O–H groups in total. The fourth-order valence-electron chi connectivity index (χ4n) is 6.72. The minimum Gasteiger partial charge on any atom is -0.508 e. The van der Waals surface area contributed by atoms with E-state index in [-0.39, 0.29) is 29.7 Å². The Labute approximate surface area is 186 Å². The lowest BCUT2D eigenvalue weighted by Crippen LogP contribution is -2.73. The van der Waals surface area contributed by atoms with Gasteiger partial charge in [0.05, 0.1) is 12.0 Å². The standard InChI is InChI=1S/C25H28N2O5/c28-18-4-3-15-8-21-25(32)11-17-7-16(23(30)31)9-22(29)26-20(17)12-24(25,19(15)10-18)5-6-27(21)13-14-1-2-14/h3-4,7,10,14,21,28,32H,1-2,5-6,8-9,11-13H2,(H,26,29)(H,30,31)/t21-,24-,25-/m1/s1. The maximum Gasteiger partial charge on any atom is 0.332 e. The van der Waals surface area contributed by atoms with E-state index in [4.69, 9.17) is 0 Å². The van der Waals surface area contributed by atoms with E-state index in [1.54, 1.807) is 18.2 Å². The second-order valence-corrected chi connectivity index (χ2v) is 10.3. The van der Waals surface area contributed by atoms with Crippen molar-refractivity contribution in [1.29, 1.82) is 0 Å². The van der Waals surface area contributed by atoms with Gasteiger partial charge in [-0.2, -0.15) is 0 Å². The van der Waals surface area contributed by atoms with Crippen molar-refractivity contribution in [3.63, 3.8) is 0 Å². The Morgan fingerprint density at radius 3 is 2.81 bits per heavy atom. The van der Waals surface area contributed by atoms with Crippen LogP contribution in [0.25, 0.3) is 0 Å². The molecule has 1 amide bonds. The Kier molecular flexibility index (Phi) is 4.18. The summed E-state index contributed by atoms with van der Waals surface area (Å²) in [7, 11) is 0. The number of likely N-dealkylation sites (tertiary alicyclic amines) is 1. The lowest BCUT2D eigenvalue weighted by atomic mass is 9.49. The van der Waals surface area contributed by atoms with Gasteiger partial charge < -0.3 is 20.6 Å². The molecule has 0 aromatic heterocycles. The predicted octanol–water partition coefficient (Wildman–Crippen LogP) is 1.98. The number of fused-ring (bicyclic) bond motifs is 1. The quantitative estimate of drug-likeness (QED) is 0.577. The Morgan fingerprint density at radius 2 is 2.06 bits per heavy atom. The van der Waals surface area contributed by atoms with Gasteiger partial charge in [-0.15, -0.1) is 0 Å². The maximum absolute atomic E-state index is 12.5. The van der Waals surface area contributed by atoms with Crippen LogP contribution in [0.3, 0.4) is 0 Å². The first kappa shape index (κ1) is 20.0. The molecule has 3 aliphatic carbocycles. The summed E-state index contributed by atoms with van der Waals surface area (Å²) in [6, 6.07) is 5.39. The number of carboxylic acid groups (broad SMARTS) is 1. The highest BCUT2D eigenvalue weighted by Crippen LogP contribution is 2.60. The number of nitrogens with zero attached hydrogens (tertiary/aromatic N) is 1. The number of hydrogen-bond donors (Lipinski definition) is 4. The molecule has 0 unspecified atom stereocenters. The van der Waals surface area contributed by atoms with Crippen molar-refractivity contribution in [2.45, 2.75) is 62.0 Å². The topological polar surface area (TPSA) is 110 Å². The third-order valence-electron chi connectivity index (χ3n) is 8.45. The van der Waals surface area contributed by atoms with Crippen molar-refractivity contribution >= 4 is 11.9 Å². The molecule has 32 heavy (non-hydrogen) atoms. The van der Waals surface area contributed by atoms with E-state index in [0.29, 0.717) is 36.5 Å². The van der Waals surface area contributed by atoms with Gasteiger partial charge >= 0.3 is 5.97 Å². The highest BCUT2D eigenvalue weighted by atomic mass is 16.4. The van der Waals surface area contributed by atoms with Crippen LogP contribution in [0.15, 0.2) is 41.1 Å². The van der Waals surface area contributed by atoms with Crippen LogP contribution in [-0.4, -0.2) is 56.8 Å². The van der Waals surface area contributed by atoms with E-state index in [0.717, 1.165) is 30.6 Å². The molecule has 1 saturated carbocycles. The summed E-state index contributed by atoms with van der Waals surface area (Å²) in [6.45, 7) is 1.85. The number of phenols is 1. The fourth-order valence-corrected chi connectivity index (χ4v) is 6.72. The molecule has 2 bridgehead atoms. The van der Waals surface area contributed by atoms with Crippen LogP contribution in [0.2, 0.25) is 0 Å². The summed E-state index contributed by atoms with van der Waals surface area (Å²) in [5, 5.41) is 35.3. The molecule has 1 aromatic carbocycles. The zero-order valence-electron chi connectivity index (χ0n) is 17.9. The molecule has 2 aliphatic heterocycles. The van der Waals surface area contributed by atoms with Crippen LogP contribution in [-0.2, 0) is 21.4 Å². The number of carbonyl (C=O) groups excluding carboxylic acids is 1. The SMILES string of the molecule is O=C1CC(C(=O)O)=CC2=C(C[C@]34CCN(CC5CC5)[C@H](Cc5ccc(O)cc53)[C@]4(O)C2)N1. The van der Waals surface area contributed by atoms with Gasteiger partial charge in [0, 0.05) is 42.1 Å². The van der Waals surface area contributed by atoms with Gasteiger partial charge in [-0.1, -0.05) is 6.07 Å². The number of phenolic OH excluding ortho intramolecular Hbond substituents is 1. The fraction of sp³-hybridized carbons (Fsp3) is 0.520. The number of nitrogens with one attached hydrogen (secondary N) is 1. The first-order valence-electron chi connectivity index (χ1n) is 11.5. The number of carboxylic acids is 1. The van der Waals surface area contributed by atoms with E-state index in [9.17, 15) is 24.9 Å². The number of amides is 1. The van der Waals surface area contributed by atoms with Crippen molar-refractivity contribution in [1.82, 2.24) is 10.2 Å². The Balaban J connectivity index is 1.52. The second-order valence-electron chi connectivity index (χ2n) is 10.3. The molecule has 6 rings (SSSR count). The number of benzene rings is 1. The third-order valence-corrected chi connectivity index (χ3v) is 8.45. The van der Waals surface area contributed by atoms with Gasteiger partial charge in [0.1, 0.15) is 5.75 Å². The molecule has 7 nitrogen and oxygen atoms in total. The summed E-state index contributed by atoms with van der Waals surface area (Å²) < 4.78 is 0. The molecule has 3 atom stereocenters. The third kappa shape index (κ3) is 2.80. The van der Waals surface area contributed by atoms with Crippen molar-refractivity contribution in [2.24, 2.45) is 5.92 Å². The minimum atomic E-state index is -1.10. The Morgan fingerprint density at radius 1 is 1.25 bits per heavy atom. The summed E-state index contributed by atoms with van der Waals surface area (Å²) in [5.74, 6) is -0.561. The van der Waals surface area contributed by atoms with Crippen molar-refractivity contribution < 1.29 is 24.9 Å². The second kappa shape index (κ2) is 6.68. The molecule has 1 aromatic rings. The summed E-state index contributed by atoms with van der Waals surface area (Å²) in [6.07, 6.45) is 6.04. The monoisotopic (exact) mass is 436 g/mol. The lowest BCUT2D eigenvalue weighted by Gasteiger charge is -2.64. The van der Waals surface area contributed by atoms with E-state index in [1.165, 1.54) is 12.8 Å². The normalized spacial score (nSPS) is 34.0. The van der Waals surface area contributed by atoms with E-state index >= 15 is 0 Å². The number of aliphatic carboxylic acids is 1. The molecular weight excluding hydrogens is 408 g/mol. The molecule has 5 aliphatic rings. The Bertz CT molecular complexity index is 1100. The first-order chi connectivity index (χ1) is 15.3. The highest BCUT2D eigenvalue weighted by Gasteiger charge is 2.64. The molecule has 2 fully saturated rings. The van der Waals surface area contributed by atoms with Gasteiger partial charge in [-0.3, -0.25) is 9.69 Å². The lowest BCUT2D eigenvalue weighted by molar-refractivity contribution is -0.151. The average molecular weight is 437 g/mol. The van der Waals surface area contributed by atoms with Crippen molar-refractivity contribution in [3.05, 3.63) is 52.2 Å². The molecule has 1 saturated heterocycles. The number of aliphatic hydroxyl groups is 1. The van der Waals surface area contributed by atoms with E-state index in [2.05, 4.69) is 10.2 Å². The van der Waals surface area contributed by atoms with Crippen LogP contribution in [0.1, 0.15) is 49.7 Å². The van der Waals surface area contributed by atoms with Gasteiger partial charge in [0.25, 0.3) is 0 Å². The highest BCUT2D eigenvalue weighted by molar-refractivity contribution is 5.96. The molecule has 0 radical (unpaired) electrons. The van der Waals surface area contributed by atoms with Crippen LogP contribution in [0, 0.1) is 5.92 Å². The van der Waals surface area contributed by atoms with Gasteiger partial charge in [0.15, 0.2) is 0 Å². The maximum atomic E-state index is 12.5. The molecule has 7 heteroatoms. The minimum absolute atomic E-state index is 0.0564. The van der Waals surface area contributed by atoms with Gasteiger partial charge in [0.2, 0.25) is 5.91 Å². The summed E-state index contributed by atoms with van der Waals surface area (Å²) in [5.41, 5.74) is 1.86. The van der Waals surface area contributed by atoms with Gasteiger partial charge in [-0.25, -0.2) is 4.79 Å².